The summed E-state index contributed by atoms with van der Waals surface area (Å²) in [7, 11) is 0. The van der Waals surface area contributed by atoms with Gasteiger partial charge in [0.2, 0.25) is 5.91 Å². The number of aromatic nitrogens is 1. The molecule has 5 nitrogen and oxygen atoms in total. The molecule has 1 amide bonds. The first kappa shape index (κ1) is 19.1. The van der Waals surface area contributed by atoms with Gasteiger partial charge in [-0.15, -0.1) is 11.3 Å². The van der Waals surface area contributed by atoms with Crippen molar-refractivity contribution in [3.05, 3.63) is 46.4 Å². The Labute approximate surface area is 176 Å². The van der Waals surface area contributed by atoms with Crippen LogP contribution in [0.5, 0.6) is 5.75 Å². The molecular formula is C23H29N3O2S. The van der Waals surface area contributed by atoms with Crippen molar-refractivity contribution in [3.8, 4) is 5.75 Å². The van der Waals surface area contributed by atoms with Crippen molar-refractivity contribution >= 4 is 17.2 Å². The number of ether oxygens (including phenoxy) is 1. The number of nitrogens with one attached hydrogen (secondary N) is 1. The molecule has 1 aromatic heterocycles. The Morgan fingerprint density at radius 1 is 1.28 bits per heavy atom. The highest BCUT2D eigenvalue weighted by Crippen LogP contribution is 2.46. The monoisotopic (exact) mass is 411 g/mol. The van der Waals surface area contributed by atoms with Crippen LogP contribution in [0.4, 0.5) is 0 Å². The van der Waals surface area contributed by atoms with Crippen LogP contribution in [0.2, 0.25) is 0 Å². The van der Waals surface area contributed by atoms with E-state index in [1.54, 1.807) is 11.3 Å². The zero-order chi connectivity index (χ0) is 19.7. The number of fused-ring (bicyclic) bond motifs is 1. The summed E-state index contributed by atoms with van der Waals surface area (Å²) in [5, 5.41) is 6.45. The van der Waals surface area contributed by atoms with Crippen LogP contribution >= 0.6 is 11.3 Å². The second-order valence-electron chi connectivity index (χ2n) is 8.83. The number of rotatable bonds is 5. The number of hydrogen-bond donors (Lipinski definition) is 1. The highest BCUT2D eigenvalue weighted by atomic mass is 32.1. The van der Waals surface area contributed by atoms with Gasteiger partial charge in [-0.2, -0.15) is 0 Å². The largest absolute Gasteiger partial charge is 0.487 e. The molecule has 0 bridgehead atoms. The number of carbonyl (C=O) groups is 1. The Kier molecular flexibility index (Phi) is 5.31. The third-order valence-corrected chi connectivity index (χ3v) is 7.58. The van der Waals surface area contributed by atoms with Gasteiger partial charge in [-0.1, -0.05) is 18.2 Å². The minimum atomic E-state index is -0.144. The minimum Gasteiger partial charge on any atom is -0.487 e. The molecule has 2 aromatic rings. The lowest BCUT2D eigenvalue weighted by Gasteiger charge is -2.47. The molecule has 1 saturated heterocycles. The predicted octanol–water partition coefficient (Wildman–Crippen LogP) is 4.10. The van der Waals surface area contributed by atoms with Gasteiger partial charge < -0.3 is 10.1 Å². The van der Waals surface area contributed by atoms with E-state index >= 15 is 0 Å². The standard InChI is InChI=1S/C23H29N3O2S/c27-21(25-18-4-3-5-18)14-17-15-23(28-20-7-2-1-6-19(17)20)8-11-26(12-9-23)16-22-24-10-13-29-22/h1-2,6-7,10,13,17-18H,3-5,8-9,11-12,14-16H2,(H,25,27)/t17-/m0/s1. The molecule has 1 saturated carbocycles. The molecule has 5 rings (SSSR count). The van der Waals surface area contributed by atoms with E-state index in [1.165, 1.54) is 17.0 Å². The number of hydrogen-bond acceptors (Lipinski definition) is 5. The van der Waals surface area contributed by atoms with Crippen molar-refractivity contribution in [3.63, 3.8) is 0 Å². The lowest BCUT2D eigenvalue weighted by molar-refractivity contribution is -0.123. The zero-order valence-electron chi connectivity index (χ0n) is 16.8. The number of piperidine rings is 1. The molecule has 1 aromatic carbocycles. The summed E-state index contributed by atoms with van der Waals surface area (Å²) < 4.78 is 6.60. The van der Waals surface area contributed by atoms with Crippen molar-refractivity contribution < 1.29 is 9.53 Å². The molecule has 0 radical (unpaired) electrons. The van der Waals surface area contributed by atoms with Gasteiger partial charge >= 0.3 is 0 Å². The quantitative estimate of drug-likeness (QED) is 0.805. The van der Waals surface area contributed by atoms with E-state index < -0.39 is 0 Å². The van der Waals surface area contributed by atoms with Crippen LogP contribution in [0, 0.1) is 0 Å². The highest BCUT2D eigenvalue weighted by Gasteiger charge is 2.43. The van der Waals surface area contributed by atoms with Gasteiger partial charge in [0.05, 0.1) is 6.54 Å². The lowest BCUT2D eigenvalue weighted by Crippen LogP contribution is -2.50. The summed E-state index contributed by atoms with van der Waals surface area (Å²) in [5.74, 6) is 1.42. The molecule has 6 heteroatoms. The minimum absolute atomic E-state index is 0.144. The molecule has 1 N–H and O–H groups in total. The fraction of sp³-hybridized carbons (Fsp3) is 0.565. The molecule has 3 aliphatic rings. The van der Waals surface area contributed by atoms with Crippen LogP contribution < -0.4 is 10.1 Å². The van der Waals surface area contributed by atoms with Crippen LogP contribution in [-0.2, 0) is 11.3 Å². The number of nitrogens with zero attached hydrogens (tertiary/aromatic N) is 2. The number of para-hydroxylation sites is 1. The lowest BCUT2D eigenvalue weighted by atomic mass is 9.76. The topological polar surface area (TPSA) is 54.5 Å². The molecule has 2 aliphatic heterocycles. The first-order valence-electron chi connectivity index (χ1n) is 10.9. The van der Waals surface area contributed by atoms with Crippen molar-refractivity contribution in [2.75, 3.05) is 13.1 Å². The molecular weight excluding hydrogens is 382 g/mol. The maximum absolute atomic E-state index is 12.7. The molecule has 29 heavy (non-hydrogen) atoms. The van der Waals surface area contributed by atoms with E-state index in [9.17, 15) is 4.79 Å². The second-order valence-corrected chi connectivity index (χ2v) is 9.80. The summed E-state index contributed by atoms with van der Waals surface area (Å²) in [4.78, 5) is 19.6. The Bertz CT molecular complexity index is 842. The van der Waals surface area contributed by atoms with Gasteiger partial charge in [0.15, 0.2) is 0 Å². The average Bonchev–Trinajstić information content (AvgIpc) is 3.20. The molecule has 3 heterocycles. The zero-order valence-corrected chi connectivity index (χ0v) is 17.6. The van der Waals surface area contributed by atoms with Gasteiger partial charge in [0.1, 0.15) is 16.4 Å². The smallest absolute Gasteiger partial charge is 0.220 e. The van der Waals surface area contributed by atoms with Crippen LogP contribution in [0.1, 0.15) is 61.4 Å². The Morgan fingerprint density at radius 2 is 2.10 bits per heavy atom. The highest BCUT2D eigenvalue weighted by molar-refractivity contribution is 7.09. The van der Waals surface area contributed by atoms with Gasteiger partial charge in [-0.3, -0.25) is 9.69 Å². The van der Waals surface area contributed by atoms with Crippen molar-refractivity contribution in [1.29, 1.82) is 0 Å². The number of amides is 1. The number of benzene rings is 1. The number of thiazole rings is 1. The fourth-order valence-electron chi connectivity index (χ4n) is 4.94. The van der Waals surface area contributed by atoms with Gasteiger partial charge in [0, 0.05) is 43.0 Å². The van der Waals surface area contributed by atoms with Crippen LogP contribution in [0.25, 0.3) is 0 Å². The second kappa shape index (κ2) is 8.07. The Balaban J connectivity index is 1.27. The summed E-state index contributed by atoms with van der Waals surface area (Å²) in [6.45, 7) is 2.96. The fourth-order valence-corrected chi connectivity index (χ4v) is 5.59. The Morgan fingerprint density at radius 3 is 2.83 bits per heavy atom. The van der Waals surface area contributed by atoms with Gasteiger partial charge in [0.25, 0.3) is 0 Å². The van der Waals surface area contributed by atoms with Crippen molar-refractivity contribution in [2.45, 2.75) is 69.1 Å². The van der Waals surface area contributed by atoms with E-state index in [1.807, 2.05) is 17.6 Å². The van der Waals surface area contributed by atoms with E-state index in [2.05, 4.69) is 33.4 Å². The summed E-state index contributed by atoms with van der Waals surface area (Å²) in [6.07, 6.45) is 8.91. The van der Waals surface area contributed by atoms with Crippen LogP contribution in [0.3, 0.4) is 0 Å². The third-order valence-electron chi connectivity index (χ3n) is 6.82. The maximum Gasteiger partial charge on any atom is 0.220 e. The summed E-state index contributed by atoms with van der Waals surface area (Å²) >= 11 is 1.72. The molecule has 0 unspecified atom stereocenters. The van der Waals surface area contributed by atoms with Crippen LogP contribution in [0.15, 0.2) is 35.8 Å². The summed E-state index contributed by atoms with van der Waals surface area (Å²) in [6, 6.07) is 8.73. The number of carbonyl (C=O) groups excluding carboxylic acids is 1. The maximum atomic E-state index is 12.7. The predicted molar refractivity (Wildman–Crippen MR) is 114 cm³/mol. The van der Waals surface area contributed by atoms with E-state index in [0.29, 0.717) is 12.5 Å². The number of likely N-dealkylation sites (tertiary alicyclic amines) is 1. The van der Waals surface area contributed by atoms with Gasteiger partial charge in [-0.25, -0.2) is 4.98 Å². The van der Waals surface area contributed by atoms with Crippen molar-refractivity contribution in [2.24, 2.45) is 0 Å². The van der Waals surface area contributed by atoms with Crippen molar-refractivity contribution in [1.82, 2.24) is 15.2 Å². The van der Waals surface area contributed by atoms with E-state index in [-0.39, 0.29) is 17.4 Å². The third kappa shape index (κ3) is 4.19. The Hall–Kier alpha value is -1.92. The molecule has 154 valence electrons. The normalized spacial score (nSPS) is 23.8. The average molecular weight is 412 g/mol. The SMILES string of the molecule is O=C(C[C@H]1CC2(CCN(Cc3nccs3)CC2)Oc2ccccc21)NC1CCC1. The van der Waals surface area contributed by atoms with E-state index in [0.717, 1.165) is 57.5 Å². The summed E-state index contributed by atoms with van der Waals surface area (Å²) in [5.41, 5.74) is 1.06. The van der Waals surface area contributed by atoms with E-state index in [4.69, 9.17) is 4.74 Å². The molecule has 1 spiro atoms. The molecule has 2 fully saturated rings. The molecule has 1 aliphatic carbocycles. The van der Waals surface area contributed by atoms with Crippen LogP contribution in [-0.4, -0.2) is 40.5 Å². The van der Waals surface area contributed by atoms with Gasteiger partial charge in [-0.05, 0) is 50.2 Å². The first-order chi connectivity index (χ1) is 14.2. The first-order valence-corrected chi connectivity index (χ1v) is 11.8. The molecule has 1 atom stereocenters.